The van der Waals surface area contributed by atoms with Crippen LogP contribution >= 0.6 is 0 Å². The molecule has 1 N–H and O–H groups in total. The van der Waals surface area contributed by atoms with Gasteiger partial charge in [0.1, 0.15) is 12.4 Å². The summed E-state index contributed by atoms with van der Waals surface area (Å²) in [5.41, 5.74) is 4.95. The summed E-state index contributed by atoms with van der Waals surface area (Å²) in [6, 6.07) is 12.9. The van der Waals surface area contributed by atoms with Gasteiger partial charge in [0.15, 0.2) is 11.5 Å². The highest BCUT2D eigenvalue weighted by Gasteiger charge is 2.27. The average molecular weight is 370 g/mol. The van der Waals surface area contributed by atoms with Crippen LogP contribution in [0, 0.1) is 0 Å². The molecule has 0 saturated heterocycles. The van der Waals surface area contributed by atoms with Gasteiger partial charge in [0.05, 0.1) is 19.4 Å². The second-order valence-corrected chi connectivity index (χ2v) is 6.00. The maximum absolute atomic E-state index is 12.4. The van der Waals surface area contributed by atoms with Crippen molar-refractivity contribution in [1.29, 1.82) is 0 Å². The van der Waals surface area contributed by atoms with Crippen molar-refractivity contribution in [2.45, 2.75) is 19.6 Å². The average Bonchev–Trinajstić information content (AvgIpc) is 2.71. The summed E-state index contributed by atoms with van der Waals surface area (Å²) in [5, 5.41) is 4.18. The molecule has 1 amide bonds. The van der Waals surface area contributed by atoms with Gasteiger partial charge in [-0.3, -0.25) is 4.79 Å². The molecule has 1 heterocycles. The SMILES string of the molecule is COCc1cc(/C(C)=N\NC(=O)[C@@H]2COc3ccccc3O2)ccc1OC. The molecule has 0 spiro atoms. The molecule has 142 valence electrons. The molecule has 2 aromatic rings. The number of nitrogens with zero attached hydrogens (tertiary/aromatic N) is 1. The highest BCUT2D eigenvalue weighted by atomic mass is 16.6. The van der Waals surface area contributed by atoms with E-state index in [9.17, 15) is 4.79 Å². The Hall–Kier alpha value is -3.06. The minimum Gasteiger partial charge on any atom is -0.496 e. The molecule has 7 heteroatoms. The molecular weight excluding hydrogens is 348 g/mol. The van der Waals surface area contributed by atoms with Crippen molar-refractivity contribution in [3.05, 3.63) is 53.6 Å². The fraction of sp³-hybridized carbons (Fsp3) is 0.300. The van der Waals surface area contributed by atoms with Crippen LogP contribution in [0.15, 0.2) is 47.6 Å². The Kier molecular flexibility index (Phi) is 5.93. The minimum atomic E-state index is -0.753. The molecule has 1 aliphatic heterocycles. The number of benzene rings is 2. The van der Waals surface area contributed by atoms with E-state index in [1.165, 1.54) is 0 Å². The van der Waals surface area contributed by atoms with E-state index in [4.69, 9.17) is 18.9 Å². The number of fused-ring (bicyclic) bond motifs is 1. The van der Waals surface area contributed by atoms with E-state index in [0.717, 1.165) is 16.9 Å². The lowest BCUT2D eigenvalue weighted by Gasteiger charge is -2.24. The van der Waals surface area contributed by atoms with Crippen LogP contribution in [0.25, 0.3) is 0 Å². The molecule has 2 aromatic carbocycles. The summed E-state index contributed by atoms with van der Waals surface area (Å²) in [4.78, 5) is 12.4. The molecule has 0 bridgehead atoms. The van der Waals surface area contributed by atoms with Gasteiger partial charge >= 0.3 is 0 Å². The standard InChI is InChI=1S/C20H22N2O5/c1-13(14-8-9-16(25-3)15(10-14)11-24-2)21-22-20(23)19-12-26-17-6-4-5-7-18(17)27-19/h4-10,19H,11-12H2,1-3H3,(H,22,23)/b21-13-/t19-/m0/s1. The fourth-order valence-corrected chi connectivity index (χ4v) is 2.70. The number of rotatable bonds is 6. The van der Waals surface area contributed by atoms with Gasteiger partial charge in [-0.15, -0.1) is 0 Å². The molecule has 0 fully saturated rings. The fourth-order valence-electron chi connectivity index (χ4n) is 2.70. The van der Waals surface area contributed by atoms with Crippen molar-refractivity contribution in [2.75, 3.05) is 20.8 Å². The maximum Gasteiger partial charge on any atom is 0.284 e. The van der Waals surface area contributed by atoms with E-state index in [0.29, 0.717) is 23.8 Å². The van der Waals surface area contributed by atoms with Crippen molar-refractivity contribution >= 4 is 11.6 Å². The van der Waals surface area contributed by atoms with E-state index in [2.05, 4.69) is 10.5 Å². The minimum absolute atomic E-state index is 0.137. The van der Waals surface area contributed by atoms with Crippen molar-refractivity contribution in [3.8, 4) is 17.2 Å². The summed E-state index contributed by atoms with van der Waals surface area (Å²) in [6.45, 7) is 2.37. The van der Waals surface area contributed by atoms with Gasteiger partial charge in [-0.1, -0.05) is 12.1 Å². The number of hydrogen-bond acceptors (Lipinski definition) is 6. The van der Waals surface area contributed by atoms with E-state index in [-0.39, 0.29) is 12.5 Å². The van der Waals surface area contributed by atoms with Crippen LogP contribution in [-0.2, 0) is 16.1 Å². The second kappa shape index (κ2) is 8.55. The summed E-state index contributed by atoms with van der Waals surface area (Å²) in [5.74, 6) is 1.55. The highest BCUT2D eigenvalue weighted by Crippen LogP contribution is 2.30. The molecule has 0 aliphatic carbocycles. The third-order valence-corrected chi connectivity index (χ3v) is 4.13. The Morgan fingerprint density at radius 3 is 2.74 bits per heavy atom. The molecular formula is C20H22N2O5. The summed E-state index contributed by atoms with van der Waals surface area (Å²) in [6.07, 6.45) is -0.753. The Bertz CT molecular complexity index is 850. The van der Waals surface area contributed by atoms with Gasteiger partial charge in [0.25, 0.3) is 5.91 Å². The molecule has 0 unspecified atom stereocenters. The quantitative estimate of drug-likeness (QED) is 0.624. The van der Waals surface area contributed by atoms with Gasteiger partial charge in [-0.05, 0) is 42.8 Å². The number of hydrogen-bond donors (Lipinski definition) is 1. The smallest absolute Gasteiger partial charge is 0.284 e. The summed E-state index contributed by atoms with van der Waals surface area (Å²) >= 11 is 0. The third kappa shape index (κ3) is 4.38. The van der Waals surface area contributed by atoms with Crippen LogP contribution in [0.3, 0.4) is 0 Å². The lowest BCUT2D eigenvalue weighted by atomic mass is 10.1. The monoisotopic (exact) mass is 370 g/mol. The number of nitrogens with one attached hydrogen (secondary N) is 1. The molecule has 0 radical (unpaired) electrons. The van der Waals surface area contributed by atoms with Gasteiger partial charge in [-0.25, -0.2) is 5.43 Å². The van der Waals surface area contributed by atoms with E-state index >= 15 is 0 Å². The Labute approximate surface area is 157 Å². The zero-order valence-electron chi connectivity index (χ0n) is 15.5. The van der Waals surface area contributed by atoms with Crippen LogP contribution in [-0.4, -0.2) is 38.5 Å². The van der Waals surface area contributed by atoms with Crippen LogP contribution in [0.2, 0.25) is 0 Å². The van der Waals surface area contributed by atoms with Gasteiger partial charge in [0, 0.05) is 12.7 Å². The van der Waals surface area contributed by atoms with Gasteiger partial charge in [-0.2, -0.15) is 5.10 Å². The molecule has 27 heavy (non-hydrogen) atoms. The molecule has 0 aromatic heterocycles. The zero-order valence-corrected chi connectivity index (χ0v) is 15.5. The molecule has 0 saturated carbocycles. The molecule has 7 nitrogen and oxygen atoms in total. The highest BCUT2D eigenvalue weighted by molar-refractivity contribution is 5.99. The Morgan fingerprint density at radius 1 is 1.22 bits per heavy atom. The van der Waals surface area contributed by atoms with Crippen molar-refractivity contribution < 1.29 is 23.7 Å². The first-order valence-electron chi connectivity index (χ1n) is 8.51. The van der Waals surface area contributed by atoms with Gasteiger partial charge < -0.3 is 18.9 Å². The van der Waals surface area contributed by atoms with Crippen LogP contribution in [0.1, 0.15) is 18.1 Å². The van der Waals surface area contributed by atoms with Crippen molar-refractivity contribution in [3.63, 3.8) is 0 Å². The van der Waals surface area contributed by atoms with Gasteiger partial charge in [0.2, 0.25) is 6.10 Å². The number of carbonyl (C=O) groups excluding carboxylic acids is 1. The molecule has 1 aliphatic rings. The summed E-state index contributed by atoms with van der Waals surface area (Å²) < 4.78 is 21.7. The maximum atomic E-state index is 12.4. The number of ether oxygens (including phenoxy) is 4. The molecule has 3 rings (SSSR count). The van der Waals surface area contributed by atoms with Crippen LogP contribution in [0.4, 0.5) is 0 Å². The topological polar surface area (TPSA) is 78.4 Å². The van der Waals surface area contributed by atoms with Crippen LogP contribution in [0.5, 0.6) is 17.2 Å². The number of methoxy groups -OCH3 is 2. The summed E-state index contributed by atoms with van der Waals surface area (Å²) in [7, 11) is 3.23. The zero-order chi connectivity index (χ0) is 19.2. The number of hydrazone groups is 1. The first kappa shape index (κ1) is 18.7. The predicted molar refractivity (Wildman–Crippen MR) is 100 cm³/mol. The first-order chi connectivity index (χ1) is 13.1. The van der Waals surface area contributed by atoms with E-state index in [1.807, 2.05) is 37.3 Å². The number of para-hydroxylation sites is 2. The normalized spacial score (nSPS) is 16.0. The Balaban J connectivity index is 1.67. The van der Waals surface area contributed by atoms with Crippen molar-refractivity contribution in [1.82, 2.24) is 5.43 Å². The van der Waals surface area contributed by atoms with E-state index < -0.39 is 6.10 Å². The van der Waals surface area contributed by atoms with Crippen LogP contribution < -0.4 is 19.6 Å². The number of carbonyl (C=O) groups is 1. The molecule has 1 atom stereocenters. The number of amides is 1. The first-order valence-corrected chi connectivity index (χ1v) is 8.51. The largest absolute Gasteiger partial charge is 0.496 e. The predicted octanol–water partition coefficient (Wildman–Crippen LogP) is 2.52. The van der Waals surface area contributed by atoms with Crippen molar-refractivity contribution in [2.24, 2.45) is 5.10 Å². The lowest BCUT2D eigenvalue weighted by Crippen LogP contribution is -2.42. The second-order valence-electron chi connectivity index (χ2n) is 6.00. The third-order valence-electron chi connectivity index (χ3n) is 4.13. The van der Waals surface area contributed by atoms with E-state index in [1.54, 1.807) is 26.4 Å². The Morgan fingerprint density at radius 2 is 2.00 bits per heavy atom. The lowest BCUT2D eigenvalue weighted by molar-refractivity contribution is -0.130.